The Morgan fingerprint density at radius 2 is 1.57 bits per heavy atom. The highest BCUT2D eigenvalue weighted by Crippen LogP contribution is 2.43. The van der Waals surface area contributed by atoms with Gasteiger partial charge in [-0.1, -0.05) is 80.9 Å². The predicted molar refractivity (Wildman–Crippen MR) is 319 cm³/mol. The summed E-state index contributed by atoms with van der Waals surface area (Å²) in [5, 5.41) is 29.4. The molecule has 21 heteroatoms. The SMILES string of the molecule is Cc1ncsc1-c1ccc([C@H](C)NC(=O)[C@@H]2C[C@@H](O)CN2C(=O)[C@@H](NC(=O)COCCOCCOCCOC2CCN(C[C@@H](C)Oc3nc(N4CCCCC4)c4cc(Cl)c(-c5cc(O)cc6ccccc56)c(F)c4n3)CC2)C(C)(C)C)cc1. The van der Waals surface area contributed by atoms with E-state index in [9.17, 15) is 24.6 Å². The van der Waals surface area contributed by atoms with Crippen LogP contribution >= 0.6 is 22.9 Å². The molecule has 0 spiro atoms. The van der Waals surface area contributed by atoms with Crippen molar-refractivity contribution >= 4 is 68.2 Å². The number of rotatable bonds is 24. The molecule has 0 saturated carbocycles. The summed E-state index contributed by atoms with van der Waals surface area (Å²) in [6.07, 6.45) is 3.78. The Kier molecular flexibility index (Phi) is 20.9. The number of phenols is 1. The molecule has 83 heavy (non-hydrogen) atoms. The van der Waals surface area contributed by atoms with Crippen molar-refractivity contribution in [2.45, 2.75) is 117 Å². The van der Waals surface area contributed by atoms with E-state index in [0.717, 1.165) is 90.8 Å². The molecule has 2 aromatic heterocycles. The number of aliphatic hydroxyl groups is 1. The summed E-state index contributed by atoms with van der Waals surface area (Å²) in [5.74, 6) is -1.31. The van der Waals surface area contributed by atoms with Crippen molar-refractivity contribution in [2.75, 3.05) is 90.4 Å². The minimum atomic E-state index is -0.982. The van der Waals surface area contributed by atoms with Crippen molar-refractivity contribution in [2.24, 2.45) is 5.41 Å². The average molecular weight is 1180 g/mol. The van der Waals surface area contributed by atoms with E-state index in [1.807, 2.05) is 95.6 Å². The lowest BCUT2D eigenvalue weighted by molar-refractivity contribution is -0.144. The maximum Gasteiger partial charge on any atom is 0.319 e. The zero-order valence-corrected chi connectivity index (χ0v) is 49.9. The second-order valence-corrected chi connectivity index (χ2v) is 24.3. The van der Waals surface area contributed by atoms with Gasteiger partial charge in [0.2, 0.25) is 17.7 Å². The van der Waals surface area contributed by atoms with Crippen molar-refractivity contribution in [1.29, 1.82) is 0 Å². The molecule has 9 rings (SSSR count). The molecule has 18 nitrogen and oxygen atoms in total. The fourth-order valence-electron chi connectivity index (χ4n) is 11.2. The third-order valence-electron chi connectivity index (χ3n) is 15.6. The number of likely N-dealkylation sites (tertiary alicyclic amines) is 2. The van der Waals surface area contributed by atoms with E-state index in [0.29, 0.717) is 49.7 Å². The van der Waals surface area contributed by atoms with Crippen LogP contribution in [0.3, 0.4) is 0 Å². The summed E-state index contributed by atoms with van der Waals surface area (Å²) in [7, 11) is 0. The van der Waals surface area contributed by atoms with Crippen LogP contribution in [0.15, 0.2) is 72.2 Å². The van der Waals surface area contributed by atoms with Crippen LogP contribution in [0.2, 0.25) is 5.02 Å². The zero-order chi connectivity index (χ0) is 58.8. The topological polar surface area (TPSA) is 210 Å². The number of nitrogens with one attached hydrogen (secondary N) is 2. The lowest BCUT2D eigenvalue weighted by Crippen LogP contribution is -2.58. The number of aryl methyl sites for hydroxylation is 1. The van der Waals surface area contributed by atoms with Crippen LogP contribution in [-0.4, -0.2) is 169 Å². The van der Waals surface area contributed by atoms with Crippen LogP contribution in [0.5, 0.6) is 11.8 Å². The van der Waals surface area contributed by atoms with E-state index in [-0.39, 0.29) is 84.8 Å². The number of aliphatic hydroxyl groups excluding tert-OH is 1. The number of benzene rings is 4. The van der Waals surface area contributed by atoms with E-state index in [1.54, 1.807) is 23.5 Å². The van der Waals surface area contributed by atoms with E-state index in [1.165, 1.54) is 11.0 Å². The van der Waals surface area contributed by atoms with Crippen LogP contribution < -0.4 is 20.3 Å². The molecule has 4 aromatic carbocycles. The molecule has 3 saturated heterocycles. The van der Waals surface area contributed by atoms with Gasteiger partial charge in [-0.2, -0.15) is 9.97 Å². The molecule has 6 aromatic rings. The predicted octanol–water partition coefficient (Wildman–Crippen LogP) is 9.04. The molecular formula is C62H78ClFN8O10S. The van der Waals surface area contributed by atoms with Crippen molar-refractivity contribution in [3.63, 3.8) is 0 Å². The molecule has 0 bridgehead atoms. The highest BCUT2D eigenvalue weighted by Gasteiger charge is 2.45. The van der Waals surface area contributed by atoms with Crippen LogP contribution in [-0.2, 0) is 33.3 Å². The van der Waals surface area contributed by atoms with Gasteiger partial charge in [-0.3, -0.25) is 19.3 Å². The number of carbonyl (C=O) groups is 3. The Hall–Kier alpha value is -6.10. The third kappa shape index (κ3) is 15.6. The Morgan fingerprint density at radius 3 is 2.27 bits per heavy atom. The fraction of sp³-hybridized carbons (Fsp3) is 0.516. The van der Waals surface area contributed by atoms with Gasteiger partial charge >= 0.3 is 6.01 Å². The second kappa shape index (κ2) is 28.2. The normalized spacial score (nSPS) is 18.4. The number of anilines is 1. The lowest BCUT2D eigenvalue weighted by atomic mass is 9.85. The number of halogens is 2. The molecule has 3 amide bonds. The Labute approximate surface area is 494 Å². The largest absolute Gasteiger partial charge is 0.508 e. The first-order valence-corrected chi connectivity index (χ1v) is 30.2. The number of hydrogen-bond donors (Lipinski definition) is 4. The molecule has 0 unspecified atom stereocenters. The quantitative estimate of drug-likeness (QED) is 0.0417. The molecule has 5 heterocycles. The first-order chi connectivity index (χ1) is 39.9. The standard InChI is InChI=1S/C62H78ClFN8O10S/c1-38(82-61-68-55-49(58(69-61)71-20-10-7-11-21-71)33-50(63)53(54(55)64)48-31-44(73)30-43-12-8-9-13-47(43)48)34-70-22-18-46(19-23-70)81-29-28-79-25-24-78-26-27-80-36-52(75)67-57(62(4,5)6)60(77)72-35-45(74)32-51(72)59(76)66-39(2)41-14-16-42(17-15-41)56-40(3)65-37-83-56/h8-9,12-17,30-31,33,37-39,45-46,51,57,73-74H,7,10-11,18-29,32,34-36H2,1-6H3,(H,66,76)(H,67,75)/t38-,39+,45-,51+,57-/m1/s1. The molecule has 3 fully saturated rings. The highest BCUT2D eigenvalue weighted by molar-refractivity contribution is 7.13. The van der Waals surface area contributed by atoms with Gasteiger partial charge in [0.25, 0.3) is 0 Å². The number of amides is 3. The maximum atomic E-state index is 17.0. The lowest BCUT2D eigenvalue weighted by Gasteiger charge is -2.35. The van der Waals surface area contributed by atoms with Gasteiger partial charge in [0.15, 0.2) is 5.82 Å². The van der Waals surface area contributed by atoms with Gasteiger partial charge in [0.05, 0.1) is 79.0 Å². The number of hydrogen-bond acceptors (Lipinski definition) is 16. The summed E-state index contributed by atoms with van der Waals surface area (Å²) in [6, 6.07) is 18.2. The van der Waals surface area contributed by atoms with Gasteiger partial charge in [0, 0.05) is 56.6 Å². The number of thiazole rings is 1. The van der Waals surface area contributed by atoms with E-state index >= 15 is 4.39 Å². The summed E-state index contributed by atoms with van der Waals surface area (Å²) >= 11 is 8.48. The van der Waals surface area contributed by atoms with Crippen LogP contribution in [0, 0.1) is 18.2 Å². The number of aromatic nitrogens is 3. The van der Waals surface area contributed by atoms with Gasteiger partial charge in [-0.15, -0.1) is 11.3 Å². The van der Waals surface area contributed by atoms with E-state index in [2.05, 4.69) is 30.4 Å². The first kappa shape index (κ1) is 61.5. The third-order valence-corrected chi connectivity index (χ3v) is 16.9. The molecule has 4 N–H and O–H groups in total. The number of β-amino-alcohol motifs (C(OH)–C–C–N with tert-alkyl or cyclic N) is 1. The molecule has 5 atom stereocenters. The number of carbonyl (C=O) groups excluding carboxylic acids is 3. The number of phenolic OH excluding ortho intramolecular Hbond substituents is 1. The smallest absolute Gasteiger partial charge is 0.319 e. The Bertz CT molecular complexity index is 3190. The molecular weight excluding hydrogens is 1100 g/mol. The van der Waals surface area contributed by atoms with Crippen molar-refractivity contribution < 1.29 is 52.7 Å². The molecule has 0 radical (unpaired) electrons. The Morgan fingerprint density at radius 1 is 0.867 bits per heavy atom. The van der Waals surface area contributed by atoms with Crippen molar-refractivity contribution in [1.82, 2.24) is 35.4 Å². The Balaban J connectivity index is 0.655. The van der Waals surface area contributed by atoms with Gasteiger partial charge in [-0.05, 0) is 104 Å². The molecule has 3 aliphatic rings. The number of nitrogens with zero attached hydrogens (tertiary/aromatic N) is 6. The van der Waals surface area contributed by atoms with Gasteiger partial charge in [0.1, 0.15) is 41.9 Å². The number of aromatic hydroxyl groups is 1. The summed E-state index contributed by atoms with van der Waals surface area (Å²) < 4.78 is 46.5. The average Bonchev–Trinajstić information content (AvgIpc) is 3.24. The van der Waals surface area contributed by atoms with Gasteiger partial charge in [-0.25, -0.2) is 9.37 Å². The van der Waals surface area contributed by atoms with Gasteiger partial charge < -0.3 is 54.3 Å². The summed E-state index contributed by atoms with van der Waals surface area (Å²) in [6.45, 7) is 16.7. The highest BCUT2D eigenvalue weighted by atomic mass is 35.5. The maximum absolute atomic E-state index is 17.0. The fourth-order valence-corrected chi connectivity index (χ4v) is 12.3. The van der Waals surface area contributed by atoms with Crippen LogP contribution in [0.25, 0.3) is 43.2 Å². The molecule has 446 valence electrons. The van der Waals surface area contributed by atoms with E-state index in [4.69, 9.17) is 40.3 Å². The van der Waals surface area contributed by atoms with Crippen LogP contribution in [0.4, 0.5) is 10.2 Å². The minimum absolute atomic E-state index is 0.00797. The monoisotopic (exact) mass is 1180 g/mol. The minimum Gasteiger partial charge on any atom is -0.508 e. The number of fused-ring (bicyclic) bond motifs is 2. The zero-order valence-electron chi connectivity index (χ0n) is 48.3. The molecule has 0 aliphatic carbocycles. The van der Waals surface area contributed by atoms with Crippen molar-refractivity contribution in [3.05, 3.63) is 94.3 Å². The first-order valence-electron chi connectivity index (χ1n) is 28.9. The van der Waals surface area contributed by atoms with E-state index < -0.39 is 41.2 Å². The van der Waals surface area contributed by atoms with Crippen LogP contribution in [0.1, 0.15) is 90.4 Å². The number of piperidine rings is 2. The summed E-state index contributed by atoms with van der Waals surface area (Å²) in [4.78, 5) is 61.7. The number of ether oxygens (including phenoxy) is 5. The molecule has 3 aliphatic heterocycles. The van der Waals surface area contributed by atoms with Crippen molar-refractivity contribution in [3.8, 4) is 33.3 Å². The second-order valence-electron chi connectivity index (χ2n) is 23.0. The summed E-state index contributed by atoms with van der Waals surface area (Å²) in [5.41, 5.74) is 4.75.